The van der Waals surface area contributed by atoms with E-state index in [9.17, 15) is 0 Å². The summed E-state index contributed by atoms with van der Waals surface area (Å²) in [6.07, 6.45) is -0.0423. The topological polar surface area (TPSA) is 54.9 Å². The lowest BCUT2D eigenvalue weighted by molar-refractivity contribution is 0.0936. The van der Waals surface area contributed by atoms with E-state index in [2.05, 4.69) is 43.0 Å². The molecule has 2 heterocycles. The van der Waals surface area contributed by atoms with Crippen molar-refractivity contribution >= 4 is 57.2 Å². The fourth-order valence-electron chi connectivity index (χ4n) is 2.21. The summed E-state index contributed by atoms with van der Waals surface area (Å²) in [6.45, 7) is 1.89. The minimum atomic E-state index is -0.0423. The number of nitrogens with zero attached hydrogens (tertiary/aromatic N) is 1. The summed E-state index contributed by atoms with van der Waals surface area (Å²) in [5.41, 5.74) is 0. The van der Waals surface area contributed by atoms with Crippen LogP contribution in [0.1, 0.15) is 4.88 Å². The molecule has 130 valence electrons. The maximum Gasteiger partial charge on any atom is 0.191 e. The van der Waals surface area contributed by atoms with Crippen LogP contribution >= 0.6 is 51.2 Å². The van der Waals surface area contributed by atoms with E-state index in [1.54, 1.807) is 18.4 Å². The van der Waals surface area contributed by atoms with Crippen molar-refractivity contribution in [1.82, 2.24) is 10.6 Å². The first-order chi connectivity index (χ1) is 11.2. The standard InChI is InChI=1S/C16H18BrN3O2S.HI/c1-18-16(20-8-13-6-11(17)10-23-13)19-7-12-9-21-14-4-2-3-5-15(14)22-12;/h2-6,10,12H,7-9H2,1H3,(H2,18,19,20);1H. The Labute approximate surface area is 171 Å². The summed E-state index contributed by atoms with van der Waals surface area (Å²) in [4.78, 5) is 5.47. The van der Waals surface area contributed by atoms with Gasteiger partial charge >= 0.3 is 0 Å². The van der Waals surface area contributed by atoms with Gasteiger partial charge in [-0.1, -0.05) is 12.1 Å². The quantitative estimate of drug-likeness (QED) is 0.365. The summed E-state index contributed by atoms with van der Waals surface area (Å²) < 4.78 is 12.7. The lowest BCUT2D eigenvalue weighted by Gasteiger charge is -2.27. The van der Waals surface area contributed by atoms with Crippen LogP contribution < -0.4 is 20.1 Å². The van der Waals surface area contributed by atoms with Crippen molar-refractivity contribution in [3.63, 3.8) is 0 Å². The average Bonchev–Trinajstić information content (AvgIpc) is 3.00. The summed E-state index contributed by atoms with van der Waals surface area (Å²) >= 11 is 5.16. The van der Waals surface area contributed by atoms with Crippen LogP contribution in [0.4, 0.5) is 0 Å². The van der Waals surface area contributed by atoms with E-state index in [4.69, 9.17) is 9.47 Å². The van der Waals surface area contributed by atoms with Crippen molar-refractivity contribution in [1.29, 1.82) is 0 Å². The number of guanidine groups is 1. The third-order valence-electron chi connectivity index (χ3n) is 3.34. The Bertz CT molecular complexity index is 695. The Kier molecular flexibility index (Phi) is 7.63. The van der Waals surface area contributed by atoms with Gasteiger partial charge in [-0.3, -0.25) is 4.99 Å². The Hall–Kier alpha value is -1.000. The molecule has 1 aromatic heterocycles. The molecule has 0 spiro atoms. The van der Waals surface area contributed by atoms with Gasteiger partial charge in [-0.05, 0) is 34.1 Å². The fourth-order valence-corrected chi connectivity index (χ4v) is 3.60. The highest BCUT2D eigenvalue weighted by Gasteiger charge is 2.20. The summed E-state index contributed by atoms with van der Waals surface area (Å²) in [5.74, 6) is 2.34. The third kappa shape index (κ3) is 5.25. The molecule has 0 amide bonds. The first kappa shape index (κ1) is 19.3. The van der Waals surface area contributed by atoms with E-state index in [0.29, 0.717) is 13.2 Å². The lowest BCUT2D eigenvalue weighted by atomic mass is 10.2. The highest BCUT2D eigenvalue weighted by atomic mass is 127. The van der Waals surface area contributed by atoms with E-state index >= 15 is 0 Å². The number of nitrogens with one attached hydrogen (secondary N) is 2. The van der Waals surface area contributed by atoms with Crippen LogP contribution in [-0.2, 0) is 6.54 Å². The molecule has 3 rings (SSSR count). The van der Waals surface area contributed by atoms with Crippen LogP contribution in [0.3, 0.4) is 0 Å². The van der Waals surface area contributed by atoms with Crippen molar-refractivity contribution in [2.45, 2.75) is 12.6 Å². The van der Waals surface area contributed by atoms with Crippen LogP contribution in [0.15, 0.2) is 45.2 Å². The van der Waals surface area contributed by atoms with Crippen LogP contribution in [0.2, 0.25) is 0 Å². The van der Waals surface area contributed by atoms with Crippen LogP contribution in [0, 0.1) is 0 Å². The van der Waals surface area contributed by atoms with Gasteiger partial charge in [0.05, 0.1) is 13.1 Å². The molecule has 1 aliphatic heterocycles. The van der Waals surface area contributed by atoms with Gasteiger partial charge in [0, 0.05) is 21.8 Å². The average molecular weight is 524 g/mol. The van der Waals surface area contributed by atoms with Gasteiger partial charge in [-0.2, -0.15) is 0 Å². The number of hydrogen-bond acceptors (Lipinski definition) is 4. The normalized spacial score (nSPS) is 16.2. The second-order valence-electron chi connectivity index (χ2n) is 5.04. The molecular formula is C16H19BrIN3O2S. The van der Waals surface area contributed by atoms with Gasteiger partial charge in [-0.15, -0.1) is 35.3 Å². The van der Waals surface area contributed by atoms with Crippen molar-refractivity contribution in [3.05, 3.63) is 45.1 Å². The van der Waals surface area contributed by atoms with Gasteiger partial charge in [0.25, 0.3) is 0 Å². The number of thiophene rings is 1. The largest absolute Gasteiger partial charge is 0.486 e. The van der Waals surface area contributed by atoms with Crippen molar-refractivity contribution in [2.75, 3.05) is 20.2 Å². The number of hydrogen-bond donors (Lipinski definition) is 2. The van der Waals surface area contributed by atoms with Crippen molar-refractivity contribution < 1.29 is 9.47 Å². The molecule has 5 nitrogen and oxygen atoms in total. The molecule has 0 bridgehead atoms. The van der Waals surface area contributed by atoms with E-state index in [-0.39, 0.29) is 30.1 Å². The highest BCUT2D eigenvalue weighted by Crippen LogP contribution is 2.30. The molecule has 2 aromatic rings. The SMILES string of the molecule is CN=C(NCc1cc(Br)cs1)NCC1COc2ccccc2O1.I. The van der Waals surface area contributed by atoms with Gasteiger partial charge in [-0.25, -0.2) is 0 Å². The predicted octanol–water partition coefficient (Wildman–Crippen LogP) is 3.63. The number of halogens is 2. The molecular weight excluding hydrogens is 505 g/mol. The fraction of sp³-hybridized carbons (Fsp3) is 0.312. The molecule has 1 aromatic carbocycles. The molecule has 1 atom stereocenters. The van der Waals surface area contributed by atoms with Crippen molar-refractivity contribution in [3.8, 4) is 11.5 Å². The molecule has 0 aliphatic carbocycles. The molecule has 8 heteroatoms. The van der Waals surface area contributed by atoms with Crippen molar-refractivity contribution in [2.24, 2.45) is 4.99 Å². The predicted molar refractivity (Wildman–Crippen MR) is 112 cm³/mol. The second kappa shape index (κ2) is 9.47. The monoisotopic (exact) mass is 523 g/mol. The smallest absolute Gasteiger partial charge is 0.191 e. The zero-order valence-corrected chi connectivity index (χ0v) is 17.9. The highest BCUT2D eigenvalue weighted by molar-refractivity contribution is 14.0. The lowest BCUT2D eigenvalue weighted by Crippen LogP contribution is -2.45. The summed E-state index contributed by atoms with van der Waals surface area (Å²) in [6, 6.07) is 9.81. The van der Waals surface area contributed by atoms with Gasteiger partial charge < -0.3 is 20.1 Å². The molecule has 24 heavy (non-hydrogen) atoms. The van der Waals surface area contributed by atoms with Gasteiger partial charge in [0.2, 0.25) is 0 Å². The molecule has 0 saturated heterocycles. The van der Waals surface area contributed by atoms with E-state index in [1.165, 1.54) is 4.88 Å². The van der Waals surface area contributed by atoms with E-state index < -0.39 is 0 Å². The third-order valence-corrected chi connectivity index (χ3v) is 5.04. The molecule has 1 aliphatic rings. The summed E-state index contributed by atoms with van der Waals surface area (Å²) in [5, 5.41) is 8.63. The number of fused-ring (bicyclic) bond motifs is 1. The first-order valence-corrected chi connectivity index (χ1v) is 8.98. The maximum absolute atomic E-state index is 5.92. The second-order valence-corrected chi connectivity index (χ2v) is 6.95. The summed E-state index contributed by atoms with van der Waals surface area (Å²) in [7, 11) is 1.76. The number of benzene rings is 1. The van der Waals surface area contributed by atoms with Gasteiger partial charge in [0.1, 0.15) is 12.7 Å². The maximum atomic E-state index is 5.92. The van der Waals surface area contributed by atoms with E-state index in [1.807, 2.05) is 24.3 Å². The Morgan fingerprint density at radius 3 is 2.83 bits per heavy atom. The zero-order valence-electron chi connectivity index (χ0n) is 13.1. The van der Waals surface area contributed by atoms with E-state index in [0.717, 1.165) is 28.5 Å². The zero-order chi connectivity index (χ0) is 16.1. The van der Waals surface area contributed by atoms with Crippen LogP contribution in [0.25, 0.3) is 0 Å². The number of aliphatic imine (C=N–C) groups is 1. The van der Waals surface area contributed by atoms with Gasteiger partial charge in [0.15, 0.2) is 17.5 Å². The first-order valence-electron chi connectivity index (χ1n) is 7.30. The minimum absolute atomic E-state index is 0. The minimum Gasteiger partial charge on any atom is -0.486 e. The Morgan fingerprint density at radius 2 is 2.12 bits per heavy atom. The number of ether oxygens (including phenoxy) is 2. The molecule has 0 fully saturated rings. The molecule has 2 N–H and O–H groups in total. The van der Waals surface area contributed by atoms with Crippen LogP contribution in [0.5, 0.6) is 11.5 Å². The number of rotatable bonds is 4. The van der Waals surface area contributed by atoms with Crippen LogP contribution in [-0.4, -0.2) is 32.3 Å². The molecule has 0 saturated carbocycles. The number of para-hydroxylation sites is 2. The molecule has 1 unspecified atom stereocenters. The Balaban J connectivity index is 0.00000208. The molecule has 0 radical (unpaired) electrons. The Morgan fingerprint density at radius 1 is 1.33 bits per heavy atom.